The smallest absolute Gasteiger partial charge is 0.0581 e. The molecule has 3 nitrogen and oxygen atoms in total. The van der Waals surface area contributed by atoms with Crippen molar-refractivity contribution >= 4 is 34.4 Å². The van der Waals surface area contributed by atoms with E-state index in [9.17, 15) is 0 Å². The molecule has 0 heterocycles. The molecule has 4 aromatic carbocycles. The van der Waals surface area contributed by atoms with Crippen molar-refractivity contribution < 1.29 is 0 Å². The first-order valence-corrected chi connectivity index (χ1v) is 11.2. The summed E-state index contributed by atoms with van der Waals surface area (Å²) >= 11 is 6.35. The van der Waals surface area contributed by atoms with Crippen molar-refractivity contribution in [3.8, 4) is 11.1 Å². The van der Waals surface area contributed by atoms with Crippen LogP contribution in [0.15, 0.2) is 84.9 Å². The zero-order chi connectivity index (χ0) is 22.2. The first kappa shape index (κ1) is 20.6. The fraction of sp³-hybridized carbons (Fsp3) is 0.143. The van der Waals surface area contributed by atoms with Crippen molar-refractivity contribution in [1.82, 2.24) is 5.01 Å². The Morgan fingerprint density at radius 3 is 2.09 bits per heavy atom. The molecule has 0 unspecified atom stereocenters. The number of hydrogen-bond acceptors (Lipinski definition) is 3. The van der Waals surface area contributed by atoms with Crippen LogP contribution in [0.25, 0.3) is 11.1 Å². The second kappa shape index (κ2) is 8.34. The van der Waals surface area contributed by atoms with Gasteiger partial charge in [0.15, 0.2) is 0 Å². The number of hydrazine groups is 1. The Labute approximate surface area is 194 Å². The van der Waals surface area contributed by atoms with Crippen LogP contribution in [-0.4, -0.2) is 19.1 Å². The van der Waals surface area contributed by atoms with Crippen LogP contribution in [0.2, 0.25) is 5.02 Å². The third-order valence-corrected chi connectivity index (χ3v) is 6.37. The van der Waals surface area contributed by atoms with Crippen molar-refractivity contribution in [2.75, 3.05) is 24.4 Å². The molecular formula is C28H26ClN3. The molecule has 4 heteroatoms. The van der Waals surface area contributed by atoms with E-state index in [2.05, 4.69) is 115 Å². The Bertz CT molecular complexity index is 1260. The Morgan fingerprint density at radius 1 is 0.719 bits per heavy atom. The molecule has 1 N–H and O–H groups in total. The third-order valence-electron chi connectivity index (χ3n) is 5.97. The van der Waals surface area contributed by atoms with E-state index in [-0.39, 0.29) is 0 Å². The van der Waals surface area contributed by atoms with Gasteiger partial charge in [0.05, 0.1) is 11.4 Å². The molecule has 160 valence electrons. The molecule has 0 aromatic heterocycles. The van der Waals surface area contributed by atoms with Crippen LogP contribution in [0.5, 0.6) is 0 Å². The van der Waals surface area contributed by atoms with Gasteiger partial charge in [0.2, 0.25) is 0 Å². The average molecular weight is 440 g/mol. The molecular weight excluding hydrogens is 414 g/mol. The van der Waals surface area contributed by atoms with Crippen molar-refractivity contribution in [3.05, 3.63) is 107 Å². The van der Waals surface area contributed by atoms with Gasteiger partial charge in [-0.15, -0.1) is 0 Å². The molecule has 0 aliphatic heterocycles. The minimum absolute atomic E-state index is 0.845. The average Bonchev–Trinajstić information content (AvgIpc) is 3.12. The number of nitrogens with zero attached hydrogens (tertiary/aromatic N) is 2. The molecule has 1 aliphatic carbocycles. The van der Waals surface area contributed by atoms with Gasteiger partial charge >= 0.3 is 0 Å². The number of para-hydroxylation sites is 1. The van der Waals surface area contributed by atoms with Crippen molar-refractivity contribution in [3.63, 3.8) is 0 Å². The molecule has 0 saturated heterocycles. The number of nitrogens with one attached hydrogen (secondary N) is 1. The lowest BCUT2D eigenvalue weighted by molar-refractivity contribution is 0.418. The summed E-state index contributed by atoms with van der Waals surface area (Å²) in [4.78, 5) is 0. The fourth-order valence-electron chi connectivity index (χ4n) is 4.42. The third kappa shape index (κ3) is 3.86. The minimum Gasteiger partial charge on any atom is -0.356 e. The number of halogens is 1. The van der Waals surface area contributed by atoms with E-state index >= 15 is 0 Å². The predicted octanol–water partition coefficient (Wildman–Crippen LogP) is 7.58. The molecule has 0 saturated carbocycles. The Balaban J connectivity index is 1.39. The Kier molecular flexibility index (Phi) is 5.38. The van der Waals surface area contributed by atoms with Crippen LogP contribution in [0.3, 0.4) is 0 Å². The summed E-state index contributed by atoms with van der Waals surface area (Å²) in [7, 11) is 4.10. The standard InChI is InChI=1S/C28H26ClN3/c1-19-15-26-21(17-28(19)29)16-20-9-10-23(18-27(20)26)30-22-11-13-25(14-12-22)32(31(2)3)24-7-5-4-6-8-24/h4-15,17-18,30H,16H2,1-3H3. The van der Waals surface area contributed by atoms with Gasteiger partial charge in [0.1, 0.15) is 0 Å². The van der Waals surface area contributed by atoms with Crippen LogP contribution in [0.1, 0.15) is 16.7 Å². The van der Waals surface area contributed by atoms with Crippen molar-refractivity contribution in [1.29, 1.82) is 0 Å². The molecule has 0 amide bonds. The maximum Gasteiger partial charge on any atom is 0.0581 e. The summed E-state index contributed by atoms with van der Waals surface area (Å²) in [5, 5.41) is 8.68. The molecule has 0 fully saturated rings. The van der Waals surface area contributed by atoms with E-state index in [0.29, 0.717) is 0 Å². The summed E-state index contributed by atoms with van der Waals surface area (Å²) in [6.07, 6.45) is 0.944. The summed E-state index contributed by atoms with van der Waals surface area (Å²) in [5.41, 5.74) is 10.8. The van der Waals surface area contributed by atoms with Crippen molar-refractivity contribution in [2.45, 2.75) is 13.3 Å². The monoisotopic (exact) mass is 439 g/mol. The number of rotatable bonds is 5. The summed E-state index contributed by atoms with van der Waals surface area (Å²) < 4.78 is 0. The Morgan fingerprint density at radius 2 is 1.38 bits per heavy atom. The lowest BCUT2D eigenvalue weighted by Gasteiger charge is -2.31. The number of hydrogen-bond donors (Lipinski definition) is 1. The molecule has 0 radical (unpaired) electrons. The second-order valence-electron chi connectivity index (χ2n) is 8.47. The van der Waals surface area contributed by atoms with Crippen LogP contribution in [0.4, 0.5) is 22.7 Å². The molecule has 0 atom stereocenters. The second-order valence-corrected chi connectivity index (χ2v) is 8.88. The summed E-state index contributed by atoms with van der Waals surface area (Å²) in [6, 6.07) is 29.9. The van der Waals surface area contributed by atoms with Gasteiger partial charge in [-0.2, -0.15) is 0 Å². The van der Waals surface area contributed by atoms with E-state index in [4.69, 9.17) is 11.6 Å². The predicted molar refractivity (Wildman–Crippen MR) is 136 cm³/mol. The highest BCUT2D eigenvalue weighted by Crippen LogP contribution is 2.40. The van der Waals surface area contributed by atoms with Gasteiger partial charge in [-0.1, -0.05) is 35.9 Å². The van der Waals surface area contributed by atoms with Crippen LogP contribution < -0.4 is 10.3 Å². The SMILES string of the molecule is Cc1cc2c(cc1Cl)Cc1ccc(Nc3ccc(N(c4ccccc4)N(C)C)cc3)cc1-2. The quantitative estimate of drug-likeness (QED) is 0.285. The highest BCUT2D eigenvalue weighted by Gasteiger charge is 2.20. The van der Waals surface area contributed by atoms with Gasteiger partial charge in [0, 0.05) is 30.5 Å². The van der Waals surface area contributed by atoms with E-state index in [0.717, 1.165) is 39.8 Å². The van der Waals surface area contributed by atoms with E-state index in [1.54, 1.807) is 0 Å². The lowest BCUT2D eigenvalue weighted by Crippen LogP contribution is -2.32. The van der Waals surface area contributed by atoms with Crippen molar-refractivity contribution in [2.24, 2.45) is 0 Å². The van der Waals surface area contributed by atoms with Gasteiger partial charge < -0.3 is 5.32 Å². The topological polar surface area (TPSA) is 18.5 Å². The first-order chi connectivity index (χ1) is 15.5. The van der Waals surface area contributed by atoms with Crippen LogP contribution >= 0.6 is 11.6 Å². The van der Waals surface area contributed by atoms with Gasteiger partial charge in [-0.05, 0) is 102 Å². The largest absolute Gasteiger partial charge is 0.356 e. The highest BCUT2D eigenvalue weighted by molar-refractivity contribution is 6.31. The molecule has 4 aromatic rings. The van der Waals surface area contributed by atoms with E-state index < -0.39 is 0 Å². The Hall–Kier alpha value is -3.27. The molecule has 1 aliphatic rings. The van der Waals surface area contributed by atoms with Crippen LogP contribution in [0, 0.1) is 6.92 Å². The maximum atomic E-state index is 6.35. The zero-order valence-electron chi connectivity index (χ0n) is 18.6. The maximum absolute atomic E-state index is 6.35. The number of fused-ring (bicyclic) bond motifs is 3. The lowest BCUT2D eigenvalue weighted by atomic mass is 10.0. The number of aryl methyl sites for hydroxylation is 1. The number of benzene rings is 4. The first-order valence-electron chi connectivity index (χ1n) is 10.8. The van der Waals surface area contributed by atoms with Gasteiger partial charge in [-0.3, -0.25) is 5.01 Å². The van der Waals surface area contributed by atoms with E-state index in [1.807, 2.05) is 6.07 Å². The molecule has 5 rings (SSSR count). The fourth-order valence-corrected chi connectivity index (χ4v) is 4.60. The molecule has 0 spiro atoms. The zero-order valence-corrected chi connectivity index (χ0v) is 19.3. The minimum atomic E-state index is 0.845. The highest BCUT2D eigenvalue weighted by atomic mass is 35.5. The molecule has 32 heavy (non-hydrogen) atoms. The van der Waals surface area contributed by atoms with Gasteiger partial charge in [0.25, 0.3) is 0 Å². The molecule has 0 bridgehead atoms. The van der Waals surface area contributed by atoms with Crippen LogP contribution in [-0.2, 0) is 6.42 Å². The van der Waals surface area contributed by atoms with E-state index in [1.165, 1.54) is 22.3 Å². The normalized spacial score (nSPS) is 11.9. The number of anilines is 4. The summed E-state index contributed by atoms with van der Waals surface area (Å²) in [5.74, 6) is 0. The summed E-state index contributed by atoms with van der Waals surface area (Å²) in [6.45, 7) is 2.07. The van der Waals surface area contributed by atoms with Gasteiger partial charge in [-0.25, -0.2) is 5.01 Å².